The van der Waals surface area contributed by atoms with Crippen molar-refractivity contribution in [2.75, 3.05) is 31.5 Å². The van der Waals surface area contributed by atoms with Crippen LogP contribution in [0.2, 0.25) is 5.02 Å². The third kappa shape index (κ3) is 5.11. The summed E-state index contributed by atoms with van der Waals surface area (Å²) in [6.45, 7) is 3.55. The van der Waals surface area contributed by atoms with Crippen molar-refractivity contribution in [1.29, 1.82) is 0 Å². The van der Waals surface area contributed by atoms with Crippen molar-refractivity contribution < 1.29 is 19.1 Å². The highest BCUT2D eigenvalue weighted by Crippen LogP contribution is 2.55. The summed E-state index contributed by atoms with van der Waals surface area (Å²) in [6.07, 6.45) is 13.0. The monoisotopic (exact) mass is 554 g/mol. The van der Waals surface area contributed by atoms with Crippen LogP contribution in [-0.4, -0.2) is 77.5 Å². The van der Waals surface area contributed by atoms with Gasteiger partial charge in [-0.1, -0.05) is 55.5 Å². The maximum Gasteiger partial charge on any atom is 0.246 e. The molecule has 4 aliphatic heterocycles. The molecule has 3 amide bonds. The number of carbonyl (C=O) groups is 3. The van der Waals surface area contributed by atoms with Crippen LogP contribution in [0.4, 0.5) is 5.69 Å². The number of nitrogens with one attached hydrogen (secondary N) is 2. The van der Waals surface area contributed by atoms with Gasteiger partial charge in [0.05, 0.1) is 17.9 Å². The number of hydrogen-bond donors (Lipinski definition) is 2. The highest BCUT2D eigenvalue weighted by molar-refractivity contribution is 6.30. The molecule has 0 unspecified atom stereocenters. The summed E-state index contributed by atoms with van der Waals surface area (Å²) in [7, 11) is 0. The van der Waals surface area contributed by atoms with E-state index in [-0.39, 0.29) is 23.8 Å². The largest absolute Gasteiger partial charge is 0.359 e. The molecule has 8 nitrogen and oxygen atoms in total. The standard InChI is InChI=1S/C30H39ClN4O4/c31-20-9-7-12-22(19-20)33-27(36)24-23-13-14-30(39-23)25(24)29(38)35(18-8-17-34-15-5-2-6-16-34)26(30)28(37)32-21-10-3-1-4-11-21/h7,9,12-14,19,21,23-26H,1-6,8,10-11,15-18H2,(H,32,37)(H,33,36)/t23-,24+,25-,26+,30-/m0/s1. The van der Waals surface area contributed by atoms with E-state index in [1.165, 1.54) is 25.7 Å². The molecule has 5 aliphatic rings. The van der Waals surface area contributed by atoms with Crippen LogP contribution in [0.5, 0.6) is 0 Å². The van der Waals surface area contributed by atoms with Crippen molar-refractivity contribution in [1.82, 2.24) is 15.1 Å². The first-order valence-corrected chi connectivity index (χ1v) is 15.1. The highest BCUT2D eigenvalue weighted by atomic mass is 35.5. The molecule has 1 aromatic rings. The summed E-state index contributed by atoms with van der Waals surface area (Å²) in [5.41, 5.74) is -0.550. The fourth-order valence-corrected chi connectivity index (χ4v) is 7.66. The predicted octanol–water partition coefficient (Wildman–Crippen LogP) is 3.75. The van der Waals surface area contributed by atoms with Crippen molar-refractivity contribution in [3.63, 3.8) is 0 Å². The number of likely N-dealkylation sites (tertiary alicyclic amines) is 2. The Bertz CT molecular complexity index is 1130. The lowest BCUT2D eigenvalue weighted by Crippen LogP contribution is -2.56. The van der Waals surface area contributed by atoms with Gasteiger partial charge in [0.2, 0.25) is 17.7 Å². The van der Waals surface area contributed by atoms with Gasteiger partial charge in [-0.25, -0.2) is 0 Å². The van der Waals surface area contributed by atoms with Crippen molar-refractivity contribution in [3.05, 3.63) is 41.4 Å². The number of fused-ring (bicyclic) bond motifs is 1. The molecule has 210 valence electrons. The molecule has 2 N–H and O–H groups in total. The average molecular weight is 555 g/mol. The zero-order chi connectivity index (χ0) is 27.0. The van der Waals surface area contributed by atoms with Crippen molar-refractivity contribution in [3.8, 4) is 0 Å². The van der Waals surface area contributed by atoms with Crippen LogP contribution in [0.25, 0.3) is 0 Å². The van der Waals surface area contributed by atoms with E-state index in [0.717, 1.165) is 51.7 Å². The van der Waals surface area contributed by atoms with E-state index >= 15 is 0 Å². The third-order valence-electron chi connectivity index (χ3n) is 9.29. The van der Waals surface area contributed by atoms with Crippen LogP contribution in [-0.2, 0) is 19.1 Å². The number of anilines is 1. The van der Waals surface area contributed by atoms with E-state index in [0.29, 0.717) is 17.3 Å². The maximum absolute atomic E-state index is 14.1. The van der Waals surface area contributed by atoms with Gasteiger partial charge in [-0.2, -0.15) is 0 Å². The van der Waals surface area contributed by atoms with Gasteiger partial charge in [0, 0.05) is 23.3 Å². The van der Waals surface area contributed by atoms with E-state index < -0.39 is 29.6 Å². The Balaban J connectivity index is 1.24. The molecular weight excluding hydrogens is 516 g/mol. The van der Waals surface area contributed by atoms with Crippen LogP contribution in [0, 0.1) is 11.8 Å². The number of ether oxygens (including phenoxy) is 1. The van der Waals surface area contributed by atoms with Crippen LogP contribution in [0.3, 0.4) is 0 Å². The number of rotatable bonds is 8. The van der Waals surface area contributed by atoms with Gasteiger partial charge in [0.1, 0.15) is 11.6 Å². The van der Waals surface area contributed by atoms with E-state index in [1.807, 2.05) is 12.2 Å². The Hall–Kier alpha value is -2.42. The van der Waals surface area contributed by atoms with Crippen LogP contribution in [0.15, 0.2) is 36.4 Å². The quantitative estimate of drug-likeness (QED) is 0.478. The van der Waals surface area contributed by atoms with E-state index in [1.54, 1.807) is 29.2 Å². The Morgan fingerprint density at radius 3 is 2.56 bits per heavy atom. The average Bonchev–Trinajstić information content (AvgIpc) is 3.57. The van der Waals surface area contributed by atoms with Gasteiger partial charge in [0.15, 0.2) is 0 Å². The molecule has 1 aliphatic carbocycles. The lowest BCUT2D eigenvalue weighted by molar-refractivity contribution is -0.141. The molecule has 3 saturated heterocycles. The minimum absolute atomic E-state index is 0.122. The summed E-state index contributed by atoms with van der Waals surface area (Å²) in [5, 5.41) is 6.71. The molecular formula is C30H39ClN4O4. The number of piperidine rings is 1. The first-order valence-electron chi connectivity index (χ1n) is 14.7. The molecule has 39 heavy (non-hydrogen) atoms. The normalized spacial score (nSPS) is 32.4. The number of benzene rings is 1. The fourth-order valence-electron chi connectivity index (χ4n) is 7.47. The van der Waals surface area contributed by atoms with Crippen LogP contribution in [0.1, 0.15) is 57.8 Å². The number of amides is 3. The number of carbonyl (C=O) groups excluding carboxylic acids is 3. The molecule has 0 aromatic heterocycles. The lowest BCUT2D eigenvalue weighted by atomic mass is 9.74. The zero-order valence-corrected chi connectivity index (χ0v) is 23.2. The third-order valence-corrected chi connectivity index (χ3v) is 9.53. The van der Waals surface area contributed by atoms with E-state index in [9.17, 15) is 14.4 Å². The van der Waals surface area contributed by atoms with Crippen LogP contribution < -0.4 is 10.6 Å². The Morgan fingerprint density at radius 2 is 1.79 bits per heavy atom. The smallest absolute Gasteiger partial charge is 0.246 e. The molecule has 4 fully saturated rings. The van der Waals surface area contributed by atoms with E-state index in [2.05, 4.69) is 15.5 Å². The van der Waals surface area contributed by atoms with Gasteiger partial charge in [-0.15, -0.1) is 0 Å². The Labute approximate surface area is 235 Å². The molecule has 1 aromatic carbocycles. The first-order chi connectivity index (χ1) is 19.0. The zero-order valence-electron chi connectivity index (χ0n) is 22.4. The molecule has 2 bridgehead atoms. The first kappa shape index (κ1) is 26.8. The summed E-state index contributed by atoms with van der Waals surface area (Å²) >= 11 is 6.12. The minimum atomic E-state index is -1.12. The van der Waals surface area contributed by atoms with Gasteiger partial charge < -0.3 is 25.2 Å². The molecule has 1 saturated carbocycles. The molecule has 6 rings (SSSR count). The topological polar surface area (TPSA) is 91.0 Å². The number of halogens is 1. The number of nitrogens with zero attached hydrogens (tertiary/aromatic N) is 2. The molecule has 1 spiro atoms. The maximum atomic E-state index is 14.1. The molecule has 9 heteroatoms. The second-order valence-electron chi connectivity index (χ2n) is 11.8. The lowest BCUT2D eigenvalue weighted by Gasteiger charge is -2.34. The molecule has 0 radical (unpaired) electrons. The van der Waals surface area contributed by atoms with Crippen LogP contribution >= 0.6 is 11.6 Å². The summed E-state index contributed by atoms with van der Waals surface area (Å²) in [6, 6.07) is 6.32. The summed E-state index contributed by atoms with van der Waals surface area (Å²) in [4.78, 5) is 45.8. The molecule has 4 heterocycles. The predicted molar refractivity (Wildman–Crippen MR) is 149 cm³/mol. The summed E-state index contributed by atoms with van der Waals surface area (Å²) in [5.74, 6) is -2.04. The second-order valence-corrected chi connectivity index (χ2v) is 12.3. The van der Waals surface area contributed by atoms with Gasteiger partial charge in [-0.05, 0) is 69.9 Å². The van der Waals surface area contributed by atoms with Gasteiger partial charge >= 0.3 is 0 Å². The SMILES string of the molecule is O=C(Nc1cccc(Cl)c1)[C@@H]1[C@@H]2C=C[C@]3(O2)[C@@H]1C(=O)N(CCCN1CCCCC1)[C@@H]3C(=O)NC1CCCCC1. The fraction of sp³-hybridized carbons (Fsp3) is 0.633. The van der Waals surface area contributed by atoms with Crippen molar-refractivity contribution in [2.45, 2.75) is 81.6 Å². The van der Waals surface area contributed by atoms with Gasteiger partial charge in [-0.3, -0.25) is 14.4 Å². The van der Waals surface area contributed by atoms with E-state index in [4.69, 9.17) is 16.3 Å². The second kappa shape index (κ2) is 11.2. The Morgan fingerprint density at radius 1 is 1.03 bits per heavy atom. The minimum Gasteiger partial charge on any atom is -0.359 e. The van der Waals surface area contributed by atoms with Gasteiger partial charge in [0.25, 0.3) is 0 Å². The highest BCUT2D eigenvalue weighted by Gasteiger charge is 2.72. The molecule has 5 atom stereocenters. The summed E-state index contributed by atoms with van der Waals surface area (Å²) < 4.78 is 6.47. The van der Waals surface area contributed by atoms with Crippen molar-refractivity contribution >= 4 is 35.0 Å². The number of hydrogen-bond acceptors (Lipinski definition) is 5. The van der Waals surface area contributed by atoms with Crippen molar-refractivity contribution in [2.24, 2.45) is 11.8 Å². The Kier molecular flexibility index (Phi) is 7.71.